The summed E-state index contributed by atoms with van der Waals surface area (Å²) in [5.41, 5.74) is 2.03. The Bertz CT molecular complexity index is 720. The van der Waals surface area contributed by atoms with E-state index in [0.29, 0.717) is 12.4 Å². The van der Waals surface area contributed by atoms with Gasteiger partial charge in [0.15, 0.2) is 0 Å². The average Bonchev–Trinajstić information content (AvgIpc) is 2.91. The Balaban J connectivity index is 1.70. The van der Waals surface area contributed by atoms with E-state index < -0.39 is 0 Å². The third-order valence-electron chi connectivity index (χ3n) is 3.26. The highest BCUT2D eigenvalue weighted by molar-refractivity contribution is 5.78. The van der Waals surface area contributed by atoms with Gasteiger partial charge in [-0.05, 0) is 26.0 Å². The molecule has 4 heteroatoms. The number of aryl methyl sites for hydroxylation is 1. The molecule has 1 aromatic carbocycles. The lowest BCUT2D eigenvalue weighted by molar-refractivity contribution is 0.401. The van der Waals surface area contributed by atoms with Gasteiger partial charge >= 0.3 is 0 Å². The predicted octanol–water partition coefficient (Wildman–Crippen LogP) is 3.38. The van der Waals surface area contributed by atoms with E-state index in [0.717, 1.165) is 22.4 Å². The number of oxazole rings is 1. The molecule has 0 saturated carbocycles. The second-order valence-corrected chi connectivity index (χ2v) is 4.91. The summed E-state index contributed by atoms with van der Waals surface area (Å²) in [4.78, 5) is 8.86. The van der Waals surface area contributed by atoms with Crippen LogP contribution in [-0.2, 0) is 6.54 Å². The summed E-state index contributed by atoms with van der Waals surface area (Å²) in [7, 11) is 0. The van der Waals surface area contributed by atoms with Gasteiger partial charge in [-0.2, -0.15) is 0 Å². The van der Waals surface area contributed by atoms with Crippen LogP contribution in [0.3, 0.4) is 0 Å². The molecule has 0 aliphatic rings. The highest BCUT2D eigenvalue weighted by atomic mass is 16.4. The van der Waals surface area contributed by atoms with E-state index in [1.165, 1.54) is 0 Å². The highest BCUT2D eigenvalue weighted by Crippen LogP contribution is 2.14. The summed E-state index contributed by atoms with van der Waals surface area (Å²) in [6.07, 6.45) is 1.74. The minimum absolute atomic E-state index is 0.0666. The Morgan fingerprint density at radius 3 is 2.85 bits per heavy atom. The first-order chi connectivity index (χ1) is 9.72. The SMILES string of the molecule is Cc1cnc(C(C)NCc2ccc3ccccc3n2)o1. The van der Waals surface area contributed by atoms with Crippen LogP contribution in [0, 0.1) is 6.92 Å². The number of nitrogens with zero attached hydrogens (tertiary/aromatic N) is 2. The molecule has 0 amide bonds. The monoisotopic (exact) mass is 267 g/mol. The van der Waals surface area contributed by atoms with E-state index in [9.17, 15) is 0 Å². The van der Waals surface area contributed by atoms with Crippen molar-refractivity contribution in [3.05, 3.63) is 59.9 Å². The van der Waals surface area contributed by atoms with Gasteiger partial charge in [-0.1, -0.05) is 24.3 Å². The molecule has 3 rings (SSSR count). The summed E-state index contributed by atoms with van der Waals surface area (Å²) in [6.45, 7) is 4.62. The minimum Gasteiger partial charge on any atom is -0.444 e. The van der Waals surface area contributed by atoms with Gasteiger partial charge in [0.05, 0.1) is 23.4 Å². The largest absolute Gasteiger partial charge is 0.444 e. The van der Waals surface area contributed by atoms with Crippen molar-refractivity contribution in [1.29, 1.82) is 0 Å². The number of hydrogen-bond donors (Lipinski definition) is 1. The van der Waals surface area contributed by atoms with Crippen LogP contribution in [-0.4, -0.2) is 9.97 Å². The Hall–Kier alpha value is -2.20. The van der Waals surface area contributed by atoms with Crippen LogP contribution in [0.2, 0.25) is 0 Å². The van der Waals surface area contributed by atoms with Crippen molar-refractivity contribution in [1.82, 2.24) is 15.3 Å². The Morgan fingerprint density at radius 1 is 1.20 bits per heavy atom. The fourth-order valence-corrected chi connectivity index (χ4v) is 2.12. The third-order valence-corrected chi connectivity index (χ3v) is 3.26. The second kappa shape index (κ2) is 5.43. The van der Waals surface area contributed by atoms with Gasteiger partial charge in [-0.15, -0.1) is 0 Å². The molecule has 102 valence electrons. The first-order valence-corrected chi connectivity index (χ1v) is 6.73. The van der Waals surface area contributed by atoms with Crippen LogP contribution < -0.4 is 5.32 Å². The van der Waals surface area contributed by atoms with E-state index in [1.54, 1.807) is 6.20 Å². The number of aromatic nitrogens is 2. The lowest BCUT2D eigenvalue weighted by Gasteiger charge is -2.10. The Morgan fingerprint density at radius 2 is 2.05 bits per heavy atom. The quantitative estimate of drug-likeness (QED) is 0.787. The number of benzene rings is 1. The molecule has 3 aromatic rings. The van der Waals surface area contributed by atoms with Gasteiger partial charge in [-0.3, -0.25) is 4.98 Å². The van der Waals surface area contributed by atoms with Crippen molar-refractivity contribution in [2.75, 3.05) is 0 Å². The van der Waals surface area contributed by atoms with Gasteiger partial charge in [0.1, 0.15) is 5.76 Å². The van der Waals surface area contributed by atoms with Crippen LogP contribution in [0.25, 0.3) is 10.9 Å². The molecule has 2 aromatic heterocycles. The average molecular weight is 267 g/mol. The summed E-state index contributed by atoms with van der Waals surface area (Å²) in [5.74, 6) is 1.54. The molecule has 20 heavy (non-hydrogen) atoms. The van der Waals surface area contributed by atoms with Crippen LogP contribution in [0.1, 0.15) is 30.3 Å². The molecule has 1 N–H and O–H groups in total. The maximum atomic E-state index is 5.51. The van der Waals surface area contributed by atoms with E-state index in [4.69, 9.17) is 4.42 Å². The van der Waals surface area contributed by atoms with Crippen molar-refractivity contribution in [3.8, 4) is 0 Å². The molecule has 0 spiro atoms. The molecular weight excluding hydrogens is 250 g/mol. The smallest absolute Gasteiger partial charge is 0.211 e. The summed E-state index contributed by atoms with van der Waals surface area (Å²) in [6, 6.07) is 12.3. The van der Waals surface area contributed by atoms with Crippen molar-refractivity contribution in [2.24, 2.45) is 0 Å². The molecule has 4 nitrogen and oxygen atoms in total. The molecule has 1 atom stereocenters. The number of nitrogens with one attached hydrogen (secondary N) is 1. The van der Waals surface area contributed by atoms with Crippen molar-refractivity contribution >= 4 is 10.9 Å². The zero-order chi connectivity index (χ0) is 13.9. The van der Waals surface area contributed by atoms with Crippen LogP contribution in [0.5, 0.6) is 0 Å². The van der Waals surface area contributed by atoms with E-state index >= 15 is 0 Å². The van der Waals surface area contributed by atoms with Crippen molar-refractivity contribution in [2.45, 2.75) is 26.4 Å². The standard InChI is InChI=1S/C16H17N3O/c1-11-9-18-16(20-11)12(2)17-10-14-8-7-13-5-3-4-6-15(13)19-14/h3-9,12,17H,10H2,1-2H3. The number of para-hydroxylation sites is 1. The molecule has 1 unspecified atom stereocenters. The van der Waals surface area contributed by atoms with Gasteiger partial charge in [-0.25, -0.2) is 4.98 Å². The first-order valence-electron chi connectivity index (χ1n) is 6.73. The summed E-state index contributed by atoms with van der Waals surface area (Å²) in [5, 5.41) is 4.53. The van der Waals surface area contributed by atoms with Crippen LogP contribution >= 0.6 is 0 Å². The number of rotatable bonds is 4. The minimum atomic E-state index is 0.0666. The number of pyridine rings is 1. The normalized spacial score (nSPS) is 12.7. The molecular formula is C16H17N3O. The molecule has 0 fully saturated rings. The lowest BCUT2D eigenvalue weighted by Crippen LogP contribution is -2.19. The predicted molar refractivity (Wildman–Crippen MR) is 78.2 cm³/mol. The molecule has 0 bridgehead atoms. The lowest BCUT2D eigenvalue weighted by atomic mass is 10.2. The first kappa shape index (κ1) is 12.8. The topological polar surface area (TPSA) is 51.0 Å². The molecule has 0 aliphatic heterocycles. The van der Waals surface area contributed by atoms with Gasteiger partial charge in [0.2, 0.25) is 5.89 Å². The van der Waals surface area contributed by atoms with E-state index in [1.807, 2.05) is 38.1 Å². The number of fused-ring (bicyclic) bond motifs is 1. The van der Waals surface area contributed by atoms with Crippen LogP contribution in [0.4, 0.5) is 0 Å². The van der Waals surface area contributed by atoms with E-state index in [-0.39, 0.29) is 6.04 Å². The summed E-state index contributed by atoms with van der Waals surface area (Å²) >= 11 is 0. The highest BCUT2D eigenvalue weighted by Gasteiger charge is 2.10. The fraction of sp³-hybridized carbons (Fsp3) is 0.250. The Kier molecular flexibility index (Phi) is 3.48. The van der Waals surface area contributed by atoms with Crippen LogP contribution in [0.15, 0.2) is 47.0 Å². The molecule has 0 aliphatic carbocycles. The Labute approximate surface area is 117 Å². The van der Waals surface area contributed by atoms with Gasteiger partial charge in [0.25, 0.3) is 0 Å². The molecule has 2 heterocycles. The number of hydrogen-bond acceptors (Lipinski definition) is 4. The summed E-state index contributed by atoms with van der Waals surface area (Å²) < 4.78 is 5.51. The van der Waals surface area contributed by atoms with Gasteiger partial charge in [0, 0.05) is 11.9 Å². The third kappa shape index (κ3) is 2.70. The maximum absolute atomic E-state index is 5.51. The second-order valence-electron chi connectivity index (χ2n) is 4.91. The van der Waals surface area contributed by atoms with E-state index in [2.05, 4.69) is 27.4 Å². The zero-order valence-electron chi connectivity index (χ0n) is 11.6. The van der Waals surface area contributed by atoms with Gasteiger partial charge < -0.3 is 9.73 Å². The van der Waals surface area contributed by atoms with Crippen molar-refractivity contribution in [3.63, 3.8) is 0 Å². The van der Waals surface area contributed by atoms with Crippen molar-refractivity contribution < 1.29 is 4.42 Å². The molecule has 0 saturated heterocycles. The maximum Gasteiger partial charge on any atom is 0.211 e. The zero-order valence-corrected chi connectivity index (χ0v) is 11.6. The molecule has 0 radical (unpaired) electrons. The fourth-order valence-electron chi connectivity index (χ4n) is 2.12.